The van der Waals surface area contributed by atoms with Gasteiger partial charge in [0.05, 0.1) is 10.7 Å². The van der Waals surface area contributed by atoms with Crippen molar-refractivity contribution in [1.82, 2.24) is 5.32 Å². The topological polar surface area (TPSA) is 41.1 Å². The first-order chi connectivity index (χ1) is 8.24. The van der Waals surface area contributed by atoms with Gasteiger partial charge in [-0.3, -0.25) is 0 Å². The second kappa shape index (κ2) is 7.59. The molecule has 0 heterocycles. The third-order valence-corrected chi connectivity index (χ3v) is 2.49. The van der Waals surface area contributed by atoms with Crippen molar-refractivity contribution in [3.63, 3.8) is 0 Å². The van der Waals surface area contributed by atoms with Crippen LogP contribution in [-0.4, -0.2) is 12.6 Å². The van der Waals surface area contributed by atoms with E-state index in [0.717, 1.165) is 19.3 Å². The number of benzene rings is 1. The highest BCUT2D eigenvalue weighted by Crippen LogP contribution is 2.19. The van der Waals surface area contributed by atoms with E-state index in [-0.39, 0.29) is 6.03 Å². The van der Waals surface area contributed by atoms with E-state index in [1.54, 1.807) is 12.1 Å². The molecule has 0 unspecified atom stereocenters. The van der Waals surface area contributed by atoms with E-state index in [4.69, 9.17) is 18.0 Å². The molecule has 1 aromatic carbocycles. The fraction of sp³-hybridized carbons (Fsp3) is 0.308. The normalized spacial score (nSPS) is 9.41. The molecule has 0 fully saturated rings. The number of urea groups is 1. The zero-order valence-electron chi connectivity index (χ0n) is 9.50. The van der Waals surface area contributed by atoms with Crippen LogP contribution < -0.4 is 10.6 Å². The van der Waals surface area contributed by atoms with Crippen molar-refractivity contribution in [2.24, 2.45) is 0 Å². The molecule has 0 aliphatic heterocycles. The fourth-order valence-electron chi connectivity index (χ4n) is 1.28. The third-order valence-electron chi connectivity index (χ3n) is 2.16. The van der Waals surface area contributed by atoms with Gasteiger partial charge >= 0.3 is 6.03 Å². The lowest BCUT2D eigenvalue weighted by Crippen LogP contribution is -2.29. The maximum atomic E-state index is 11.5. The third kappa shape index (κ3) is 5.28. The lowest BCUT2D eigenvalue weighted by atomic mass is 10.2. The molecule has 17 heavy (non-hydrogen) atoms. The van der Waals surface area contributed by atoms with Crippen LogP contribution in [0.4, 0.5) is 10.5 Å². The van der Waals surface area contributed by atoms with E-state index >= 15 is 0 Å². The molecule has 0 aliphatic rings. The lowest BCUT2D eigenvalue weighted by Gasteiger charge is -2.08. The van der Waals surface area contributed by atoms with Crippen LogP contribution in [0.5, 0.6) is 0 Å². The molecule has 2 N–H and O–H groups in total. The zero-order valence-corrected chi connectivity index (χ0v) is 10.3. The van der Waals surface area contributed by atoms with Gasteiger partial charge in [0.1, 0.15) is 0 Å². The van der Waals surface area contributed by atoms with Crippen LogP contribution in [0, 0.1) is 12.3 Å². The number of amides is 2. The van der Waals surface area contributed by atoms with Gasteiger partial charge in [0.2, 0.25) is 0 Å². The molecule has 0 radical (unpaired) electrons. The average Bonchev–Trinajstić information content (AvgIpc) is 2.32. The van der Waals surface area contributed by atoms with Crippen LogP contribution in [0.3, 0.4) is 0 Å². The van der Waals surface area contributed by atoms with Gasteiger partial charge in [0, 0.05) is 13.0 Å². The number of halogens is 1. The molecule has 0 saturated carbocycles. The van der Waals surface area contributed by atoms with Crippen molar-refractivity contribution in [2.45, 2.75) is 19.3 Å². The number of anilines is 1. The Morgan fingerprint density at radius 3 is 2.82 bits per heavy atom. The van der Waals surface area contributed by atoms with Gasteiger partial charge in [0.25, 0.3) is 0 Å². The smallest absolute Gasteiger partial charge is 0.319 e. The summed E-state index contributed by atoms with van der Waals surface area (Å²) < 4.78 is 0. The van der Waals surface area contributed by atoms with E-state index in [1.807, 2.05) is 12.1 Å². The van der Waals surface area contributed by atoms with Crippen LogP contribution >= 0.6 is 11.6 Å². The van der Waals surface area contributed by atoms with Crippen LogP contribution in [0.1, 0.15) is 19.3 Å². The second-order valence-electron chi connectivity index (χ2n) is 3.52. The van der Waals surface area contributed by atoms with Crippen LogP contribution in [-0.2, 0) is 0 Å². The molecular weight excluding hydrogens is 236 g/mol. The monoisotopic (exact) mass is 250 g/mol. The van der Waals surface area contributed by atoms with Crippen molar-refractivity contribution in [3.8, 4) is 12.3 Å². The van der Waals surface area contributed by atoms with Crippen molar-refractivity contribution >= 4 is 23.3 Å². The SMILES string of the molecule is C#CCCCCNC(=O)Nc1ccccc1Cl. The largest absolute Gasteiger partial charge is 0.338 e. The van der Waals surface area contributed by atoms with Gasteiger partial charge < -0.3 is 10.6 Å². The summed E-state index contributed by atoms with van der Waals surface area (Å²) in [6.07, 6.45) is 7.66. The number of carbonyl (C=O) groups excluding carboxylic acids is 1. The number of nitrogens with one attached hydrogen (secondary N) is 2. The van der Waals surface area contributed by atoms with Crippen LogP contribution in [0.2, 0.25) is 5.02 Å². The summed E-state index contributed by atoms with van der Waals surface area (Å²) in [4.78, 5) is 11.5. The Hall–Kier alpha value is -1.66. The maximum Gasteiger partial charge on any atom is 0.319 e. The first-order valence-electron chi connectivity index (χ1n) is 5.47. The number of unbranched alkanes of at least 4 members (excludes halogenated alkanes) is 2. The minimum Gasteiger partial charge on any atom is -0.338 e. The predicted octanol–water partition coefficient (Wildman–Crippen LogP) is 3.27. The number of hydrogen-bond acceptors (Lipinski definition) is 1. The van der Waals surface area contributed by atoms with Gasteiger partial charge in [-0.1, -0.05) is 23.7 Å². The van der Waals surface area contributed by atoms with E-state index in [9.17, 15) is 4.79 Å². The molecule has 3 nitrogen and oxygen atoms in total. The Balaban J connectivity index is 2.26. The Morgan fingerprint density at radius 2 is 2.12 bits per heavy atom. The lowest BCUT2D eigenvalue weighted by molar-refractivity contribution is 0.252. The molecule has 0 spiro atoms. The molecule has 0 saturated heterocycles. The van der Waals surface area contributed by atoms with E-state index in [2.05, 4.69) is 16.6 Å². The summed E-state index contributed by atoms with van der Waals surface area (Å²) >= 11 is 5.91. The molecule has 2 amide bonds. The summed E-state index contributed by atoms with van der Waals surface area (Å²) in [6.45, 7) is 0.609. The molecule has 0 atom stereocenters. The number of hydrogen-bond donors (Lipinski definition) is 2. The Kier molecular flexibility index (Phi) is 5.98. The number of carbonyl (C=O) groups is 1. The van der Waals surface area contributed by atoms with Crippen molar-refractivity contribution in [3.05, 3.63) is 29.3 Å². The minimum atomic E-state index is -0.251. The van der Waals surface area contributed by atoms with Crippen molar-refractivity contribution in [2.75, 3.05) is 11.9 Å². The van der Waals surface area contributed by atoms with Crippen LogP contribution in [0.25, 0.3) is 0 Å². The van der Waals surface area contributed by atoms with Crippen LogP contribution in [0.15, 0.2) is 24.3 Å². The molecular formula is C13H15ClN2O. The molecule has 90 valence electrons. The summed E-state index contributed by atoms with van der Waals surface area (Å²) in [7, 11) is 0. The molecule has 1 rings (SSSR count). The van der Waals surface area contributed by atoms with Gasteiger partial charge in [-0.05, 0) is 25.0 Å². The maximum absolute atomic E-state index is 11.5. The van der Waals surface area contributed by atoms with Gasteiger partial charge in [-0.2, -0.15) is 0 Å². The molecule has 1 aromatic rings. The van der Waals surface area contributed by atoms with E-state index in [1.165, 1.54) is 0 Å². The number of para-hydroxylation sites is 1. The number of rotatable bonds is 5. The van der Waals surface area contributed by atoms with Crippen molar-refractivity contribution in [1.29, 1.82) is 0 Å². The standard InChI is InChI=1S/C13H15ClN2O/c1-2-3-4-7-10-15-13(17)16-12-9-6-5-8-11(12)14/h1,5-6,8-9H,3-4,7,10H2,(H2,15,16,17). The first kappa shape index (κ1) is 13.4. The first-order valence-corrected chi connectivity index (χ1v) is 5.84. The molecule has 0 aromatic heterocycles. The highest BCUT2D eigenvalue weighted by molar-refractivity contribution is 6.33. The van der Waals surface area contributed by atoms with Gasteiger partial charge in [-0.25, -0.2) is 4.79 Å². The van der Waals surface area contributed by atoms with E-state index < -0.39 is 0 Å². The highest BCUT2D eigenvalue weighted by atomic mass is 35.5. The fourth-order valence-corrected chi connectivity index (χ4v) is 1.47. The van der Waals surface area contributed by atoms with E-state index in [0.29, 0.717) is 17.3 Å². The summed E-state index contributed by atoms with van der Waals surface area (Å²) in [6, 6.07) is 6.85. The van der Waals surface area contributed by atoms with Crippen molar-refractivity contribution < 1.29 is 4.79 Å². The zero-order chi connectivity index (χ0) is 12.5. The second-order valence-corrected chi connectivity index (χ2v) is 3.93. The Labute approximate surface area is 107 Å². The number of terminal acetylenes is 1. The predicted molar refractivity (Wildman–Crippen MR) is 71.2 cm³/mol. The summed E-state index contributed by atoms with van der Waals surface area (Å²) in [5, 5.41) is 5.94. The Morgan fingerprint density at radius 1 is 1.35 bits per heavy atom. The summed E-state index contributed by atoms with van der Waals surface area (Å²) in [5.41, 5.74) is 0.607. The van der Waals surface area contributed by atoms with Gasteiger partial charge in [0.15, 0.2) is 0 Å². The Bertz CT molecular complexity index is 412. The van der Waals surface area contributed by atoms with Gasteiger partial charge in [-0.15, -0.1) is 12.3 Å². The average molecular weight is 251 g/mol. The summed E-state index contributed by atoms with van der Waals surface area (Å²) in [5.74, 6) is 2.56. The quantitative estimate of drug-likeness (QED) is 0.611. The highest BCUT2D eigenvalue weighted by Gasteiger charge is 2.03. The molecule has 0 bridgehead atoms. The molecule has 4 heteroatoms. The minimum absolute atomic E-state index is 0.251. The molecule has 0 aliphatic carbocycles.